The van der Waals surface area contributed by atoms with Crippen molar-refractivity contribution in [3.8, 4) is 23.0 Å². The Balaban J connectivity index is 1.57. The van der Waals surface area contributed by atoms with E-state index in [9.17, 15) is 39.9 Å². The van der Waals surface area contributed by atoms with E-state index in [1.807, 2.05) is 0 Å². The highest BCUT2D eigenvalue weighted by molar-refractivity contribution is 6.37. The molecule has 5 aromatic rings. The topological polar surface area (TPSA) is 118 Å². The molecule has 4 atom stereocenters. The van der Waals surface area contributed by atoms with Gasteiger partial charge in [0.25, 0.3) is 5.92 Å². The number of amides is 1. The second-order valence-corrected chi connectivity index (χ2v) is 14.5. The van der Waals surface area contributed by atoms with Crippen LogP contribution in [0.4, 0.5) is 49.7 Å². The molecule has 0 spiro atoms. The third-order valence-electron chi connectivity index (χ3n) is 9.73. The maximum absolute atomic E-state index is 16.0. The molecule has 1 fully saturated rings. The Hall–Kier alpha value is -5.31. The van der Waals surface area contributed by atoms with Crippen LogP contribution in [0.5, 0.6) is 0 Å². The summed E-state index contributed by atoms with van der Waals surface area (Å²) >= 11 is 6.39. The molecule has 0 radical (unpaired) electrons. The van der Waals surface area contributed by atoms with Crippen molar-refractivity contribution in [2.75, 3.05) is 5.73 Å². The van der Waals surface area contributed by atoms with Crippen molar-refractivity contribution in [1.82, 2.24) is 24.5 Å². The fourth-order valence-electron chi connectivity index (χ4n) is 7.54. The van der Waals surface area contributed by atoms with Crippen LogP contribution in [-0.4, -0.2) is 36.6 Å². The lowest BCUT2D eigenvalue weighted by Gasteiger charge is -2.29. The zero-order valence-corrected chi connectivity index (χ0v) is 29.8. The molecular weight excluding hydrogens is 784 g/mol. The number of carbonyl (C=O) groups is 1. The number of pyridine rings is 1. The van der Waals surface area contributed by atoms with Gasteiger partial charge in [0.05, 0.1) is 21.6 Å². The standard InChI is InChI=1S/C37H28ClF10N7O/c1-15(2)3-4-19-5-6-20(21-7-8-25(38)27-29(21)54(53-33(27)49)14-35(41,42)43)28(51-19)23(11-16-9-17(39)12-18(40)10-16)30(34(50)56)55-32-26(31(52-55)37(46,47)48)22-13-24(22)36(32,44)45/h5-10,12,15,22-24,30H,11,13-14H2,1-2H3,(H2,49,53)(H2,50,56)/t22-,23+,24+,30?/m0/s1. The highest BCUT2D eigenvalue weighted by atomic mass is 35.5. The van der Waals surface area contributed by atoms with E-state index >= 15 is 8.78 Å². The number of benzene rings is 2. The minimum absolute atomic E-state index is 0.0298. The van der Waals surface area contributed by atoms with Crippen molar-refractivity contribution < 1.29 is 48.7 Å². The molecule has 8 nitrogen and oxygen atoms in total. The van der Waals surface area contributed by atoms with Crippen molar-refractivity contribution in [2.45, 2.75) is 69.4 Å². The summed E-state index contributed by atoms with van der Waals surface area (Å²) in [6.07, 6.45) is -11.1. The van der Waals surface area contributed by atoms with E-state index in [0.29, 0.717) is 10.7 Å². The normalized spacial score (nSPS) is 18.4. The number of aromatic nitrogens is 5. The van der Waals surface area contributed by atoms with Gasteiger partial charge < -0.3 is 11.5 Å². The van der Waals surface area contributed by atoms with Gasteiger partial charge in [-0.15, -0.1) is 0 Å². The first kappa shape index (κ1) is 38.9. The molecule has 0 bridgehead atoms. The summed E-state index contributed by atoms with van der Waals surface area (Å²) in [4.78, 5) is 18.3. The Morgan fingerprint density at radius 2 is 1.68 bits per heavy atom. The van der Waals surface area contributed by atoms with Crippen molar-refractivity contribution in [1.29, 1.82) is 0 Å². The van der Waals surface area contributed by atoms with Gasteiger partial charge in [-0.1, -0.05) is 37.4 Å². The molecule has 0 saturated heterocycles. The zero-order chi connectivity index (χ0) is 40.8. The van der Waals surface area contributed by atoms with Crippen LogP contribution in [-0.2, 0) is 29.9 Å². The summed E-state index contributed by atoms with van der Waals surface area (Å²) in [5, 5.41) is 7.16. The molecule has 7 rings (SSSR count). The summed E-state index contributed by atoms with van der Waals surface area (Å²) in [5.74, 6) is -7.10. The average molecular weight is 812 g/mol. The largest absolute Gasteiger partial charge is 0.435 e. The summed E-state index contributed by atoms with van der Waals surface area (Å²) in [5.41, 5.74) is 7.19. The van der Waals surface area contributed by atoms with Crippen LogP contribution >= 0.6 is 11.6 Å². The summed E-state index contributed by atoms with van der Waals surface area (Å²) in [7, 11) is 0. The number of nitrogens with zero attached hydrogens (tertiary/aromatic N) is 5. The lowest BCUT2D eigenvalue weighted by molar-refractivity contribution is -0.143. The molecule has 56 heavy (non-hydrogen) atoms. The number of primary amides is 1. The van der Waals surface area contributed by atoms with Gasteiger partial charge in [0.15, 0.2) is 11.5 Å². The number of nitrogen functional groups attached to an aromatic ring is 1. The Morgan fingerprint density at radius 3 is 2.29 bits per heavy atom. The van der Waals surface area contributed by atoms with Crippen LogP contribution in [0.2, 0.25) is 5.02 Å². The first-order chi connectivity index (χ1) is 26.1. The third kappa shape index (κ3) is 6.90. The number of fused-ring (bicyclic) bond motifs is 4. The predicted molar refractivity (Wildman–Crippen MR) is 183 cm³/mol. The summed E-state index contributed by atoms with van der Waals surface area (Å²) in [6.45, 7) is 1.82. The first-order valence-corrected chi connectivity index (χ1v) is 17.3. The second-order valence-electron chi connectivity index (χ2n) is 14.1. The monoisotopic (exact) mass is 811 g/mol. The molecule has 1 amide bonds. The number of halogens is 11. The highest BCUT2D eigenvalue weighted by Crippen LogP contribution is 2.69. The Morgan fingerprint density at radius 1 is 1.02 bits per heavy atom. The number of hydrogen-bond donors (Lipinski definition) is 2. The molecule has 1 unspecified atom stereocenters. The molecule has 2 aliphatic carbocycles. The maximum atomic E-state index is 16.0. The van der Waals surface area contributed by atoms with Gasteiger partial charge in [-0.3, -0.25) is 9.48 Å². The molecule has 3 heterocycles. The van der Waals surface area contributed by atoms with E-state index in [1.54, 1.807) is 13.8 Å². The molecular formula is C37H28ClF10N7O. The SMILES string of the molecule is CC(C)C#Cc1ccc(-c2ccc(Cl)c3c(N)nn(CC(F)(F)F)c23)c([C@@H](Cc2cc(F)cc(F)c2)C(C(N)=O)n2nc(C(F)(F)F)c3c2C(F)(F)[C@@H]2C[C@H]32)n1. The molecule has 294 valence electrons. The van der Waals surface area contributed by atoms with Crippen LogP contribution in [0, 0.1) is 35.3 Å². The zero-order valence-electron chi connectivity index (χ0n) is 29.0. The molecule has 1 saturated carbocycles. The Labute approximate surface area is 315 Å². The van der Waals surface area contributed by atoms with Gasteiger partial charge in [-0.2, -0.15) is 45.3 Å². The van der Waals surface area contributed by atoms with Gasteiger partial charge in [-0.05, 0) is 60.6 Å². The number of rotatable bonds is 8. The van der Waals surface area contributed by atoms with Crippen LogP contribution in [0.15, 0.2) is 42.5 Å². The average Bonchev–Trinajstić information content (AvgIpc) is 3.60. The molecule has 0 aliphatic heterocycles. The predicted octanol–water partition coefficient (Wildman–Crippen LogP) is 8.66. The minimum Gasteiger partial charge on any atom is -0.382 e. The molecule has 3 aromatic heterocycles. The number of carbonyl (C=O) groups excluding carboxylic acids is 1. The fourth-order valence-corrected chi connectivity index (χ4v) is 7.79. The van der Waals surface area contributed by atoms with Crippen LogP contribution in [0.1, 0.15) is 72.0 Å². The van der Waals surface area contributed by atoms with E-state index in [1.165, 1.54) is 24.3 Å². The van der Waals surface area contributed by atoms with E-state index < -0.39 is 95.3 Å². The molecule has 2 aliphatic rings. The van der Waals surface area contributed by atoms with Gasteiger partial charge in [0, 0.05) is 40.5 Å². The van der Waals surface area contributed by atoms with E-state index in [-0.39, 0.29) is 61.0 Å². The molecule has 2 aromatic carbocycles. The van der Waals surface area contributed by atoms with Gasteiger partial charge in [0.2, 0.25) is 5.91 Å². The van der Waals surface area contributed by atoms with Gasteiger partial charge in [0.1, 0.15) is 35.6 Å². The van der Waals surface area contributed by atoms with E-state index in [4.69, 9.17) is 23.1 Å². The van der Waals surface area contributed by atoms with Crippen molar-refractivity contribution in [3.63, 3.8) is 0 Å². The maximum Gasteiger partial charge on any atom is 0.435 e. The smallest absolute Gasteiger partial charge is 0.382 e. The quantitative estimate of drug-likeness (QED) is 0.120. The van der Waals surface area contributed by atoms with Crippen LogP contribution in [0.25, 0.3) is 22.0 Å². The second kappa shape index (κ2) is 13.4. The van der Waals surface area contributed by atoms with Crippen molar-refractivity contribution >= 4 is 34.2 Å². The fraction of sp³-hybridized carbons (Fsp3) is 0.351. The molecule has 19 heteroatoms. The first-order valence-electron chi connectivity index (χ1n) is 16.9. The van der Waals surface area contributed by atoms with E-state index in [0.717, 1.165) is 12.1 Å². The van der Waals surface area contributed by atoms with Gasteiger partial charge >= 0.3 is 12.4 Å². The number of hydrogen-bond acceptors (Lipinski definition) is 5. The highest BCUT2D eigenvalue weighted by Gasteiger charge is 2.69. The Kier molecular flexibility index (Phi) is 9.33. The minimum atomic E-state index is -5.26. The van der Waals surface area contributed by atoms with Crippen molar-refractivity contribution in [3.05, 3.63) is 93.0 Å². The molecule has 4 N–H and O–H groups in total. The van der Waals surface area contributed by atoms with Crippen molar-refractivity contribution in [2.24, 2.45) is 17.6 Å². The lowest BCUT2D eigenvalue weighted by Crippen LogP contribution is -2.37. The van der Waals surface area contributed by atoms with Crippen LogP contribution in [0.3, 0.4) is 0 Å². The number of alkyl halides is 8. The lowest BCUT2D eigenvalue weighted by atomic mass is 9.84. The van der Waals surface area contributed by atoms with Crippen LogP contribution < -0.4 is 11.5 Å². The van der Waals surface area contributed by atoms with Gasteiger partial charge in [-0.25, -0.2) is 18.4 Å². The third-order valence-corrected chi connectivity index (χ3v) is 10.0. The number of nitrogens with two attached hydrogens (primary N) is 2. The number of anilines is 1. The van der Waals surface area contributed by atoms with E-state index in [2.05, 4.69) is 27.0 Å². The summed E-state index contributed by atoms with van der Waals surface area (Å²) in [6, 6.07) is 5.17. The summed E-state index contributed by atoms with van der Waals surface area (Å²) < 4.78 is 147. The Bertz CT molecular complexity index is 2460.